The third-order valence-electron chi connectivity index (χ3n) is 5.02. The van der Waals surface area contributed by atoms with Crippen LogP contribution in [0.2, 0.25) is 0 Å². The number of ether oxygens (including phenoxy) is 1. The van der Waals surface area contributed by atoms with Crippen LogP contribution < -0.4 is 10.6 Å². The Labute approximate surface area is 181 Å². The Balaban J connectivity index is 0.00000450. The lowest BCUT2D eigenvalue weighted by atomic mass is 9.95. The van der Waals surface area contributed by atoms with Crippen LogP contribution in [0.15, 0.2) is 18.2 Å². The van der Waals surface area contributed by atoms with Gasteiger partial charge in [0.25, 0.3) is 0 Å². The van der Waals surface area contributed by atoms with Gasteiger partial charge in [0.15, 0.2) is 0 Å². The van der Waals surface area contributed by atoms with E-state index in [0.29, 0.717) is 18.5 Å². The first-order valence-electron chi connectivity index (χ1n) is 9.61. The van der Waals surface area contributed by atoms with Crippen LogP contribution in [0, 0.1) is 11.6 Å². The molecule has 1 fully saturated rings. The number of halogens is 3. The van der Waals surface area contributed by atoms with E-state index in [1.54, 1.807) is 0 Å². The first-order chi connectivity index (χ1) is 13.5. The van der Waals surface area contributed by atoms with E-state index in [1.807, 2.05) is 0 Å². The number of benzene rings is 1. The van der Waals surface area contributed by atoms with Gasteiger partial charge >= 0.3 is 0 Å². The number of hydrogen-bond donors (Lipinski definition) is 5. The molecule has 1 aliphatic heterocycles. The fourth-order valence-corrected chi connectivity index (χ4v) is 3.33. The Morgan fingerprint density at radius 2 is 1.90 bits per heavy atom. The van der Waals surface area contributed by atoms with Crippen molar-refractivity contribution in [2.75, 3.05) is 13.2 Å². The summed E-state index contributed by atoms with van der Waals surface area (Å²) in [5.41, 5.74) is -0.971. The van der Waals surface area contributed by atoms with E-state index in [-0.39, 0.29) is 37.4 Å². The third-order valence-corrected chi connectivity index (χ3v) is 5.02. The van der Waals surface area contributed by atoms with Crippen LogP contribution in [0.4, 0.5) is 8.78 Å². The average molecular weight is 453 g/mol. The lowest BCUT2D eigenvalue weighted by Gasteiger charge is -2.28. The molecule has 1 aliphatic rings. The Morgan fingerprint density at radius 3 is 2.43 bits per heavy atom. The lowest BCUT2D eigenvalue weighted by Crippen LogP contribution is -2.51. The number of nitrogens with one attached hydrogen (secondary N) is 2. The Hall–Kier alpha value is -1.36. The molecule has 5 N–H and O–H groups in total. The van der Waals surface area contributed by atoms with Gasteiger partial charge in [-0.3, -0.25) is 4.79 Å². The fourth-order valence-electron chi connectivity index (χ4n) is 3.33. The maximum atomic E-state index is 13.5. The molecule has 0 radical (unpaired) electrons. The van der Waals surface area contributed by atoms with Gasteiger partial charge in [0.2, 0.25) is 5.91 Å². The van der Waals surface area contributed by atoms with E-state index in [0.717, 1.165) is 18.2 Å². The summed E-state index contributed by atoms with van der Waals surface area (Å²) in [4.78, 5) is 11.6. The highest BCUT2D eigenvalue weighted by molar-refractivity contribution is 5.85. The normalized spacial score (nSPS) is 22.1. The molecule has 1 unspecified atom stereocenters. The van der Waals surface area contributed by atoms with Gasteiger partial charge in [-0.25, -0.2) is 8.78 Å². The van der Waals surface area contributed by atoms with Crippen LogP contribution in [0.1, 0.15) is 32.8 Å². The summed E-state index contributed by atoms with van der Waals surface area (Å²) in [5.74, 6) is -1.83. The summed E-state index contributed by atoms with van der Waals surface area (Å²) in [6.45, 7) is 4.62. The standard InChI is InChI=1S/C20H30F2N2O5.ClH/c1-11(25)24-17(6-12-4-13(21)7-14(22)5-12)19(27)16-8-15(9-23-16)29-10-18(26)20(2,3)28;/h4-5,7,15-19,23,26-28H,6,8-10H2,1-3H3,(H,24,25);1H/t15-,16-,17+,18?,19+;/m1./s1. The van der Waals surface area contributed by atoms with Crippen LogP contribution in [-0.4, -0.2) is 70.4 Å². The molecule has 1 heterocycles. The highest BCUT2D eigenvalue weighted by Crippen LogP contribution is 2.20. The molecule has 1 aromatic carbocycles. The van der Waals surface area contributed by atoms with Crippen molar-refractivity contribution in [3.05, 3.63) is 35.4 Å². The lowest BCUT2D eigenvalue weighted by molar-refractivity contribution is -0.120. The highest BCUT2D eigenvalue weighted by atomic mass is 35.5. The van der Waals surface area contributed by atoms with Crippen LogP contribution in [0.25, 0.3) is 0 Å². The van der Waals surface area contributed by atoms with Crippen molar-refractivity contribution in [3.8, 4) is 0 Å². The summed E-state index contributed by atoms with van der Waals surface area (Å²) < 4.78 is 32.6. The molecule has 7 nitrogen and oxygen atoms in total. The maximum Gasteiger partial charge on any atom is 0.217 e. The number of rotatable bonds is 9. The highest BCUT2D eigenvalue weighted by Gasteiger charge is 2.36. The van der Waals surface area contributed by atoms with Gasteiger partial charge in [-0.1, -0.05) is 0 Å². The SMILES string of the molecule is CC(=O)N[C@@H](Cc1cc(F)cc(F)c1)[C@@H](O)[C@H]1C[C@@H](OCC(O)C(C)(C)O)CN1.Cl. The fraction of sp³-hybridized carbons (Fsp3) is 0.650. The molecule has 0 bridgehead atoms. The second kappa shape index (κ2) is 11.3. The zero-order valence-corrected chi connectivity index (χ0v) is 18.1. The van der Waals surface area contributed by atoms with Gasteiger partial charge in [-0.05, 0) is 44.4 Å². The summed E-state index contributed by atoms with van der Waals surface area (Å²) in [6, 6.07) is 1.91. The van der Waals surface area contributed by atoms with Gasteiger partial charge in [0.1, 0.15) is 17.7 Å². The van der Waals surface area contributed by atoms with Gasteiger partial charge in [0, 0.05) is 25.6 Å². The number of aliphatic hydroxyl groups excluding tert-OH is 2. The van der Waals surface area contributed by atoms with Crippen molar-refractivity contribution in [1.29, 1.82) is 0 Å². The molecule has 5 atom stereocenters. The summed E-state index contributed by atoms with van der Waals surface area (Å²) in [6.07, 6.45) is -1.92. The number of carbonyl (C=O) groups is 1. The molecule has 2 rings (SSSR count). The number of amides is 1. The van der Waals surface area contributed by atoms with E-state index in [1.165, 1.54) is 20.8 Å². The molecule has 0 aliphatic carbocycles. The maximum absolute atomic E-state index is 13.5. The third kappa shape index (κ3) is 8.05. The van der Waals surface area contributed by atoms with Crippen molar-refractivity contribution in [2.24, 2.45) is 0 Å². The Bertz CT molecular complexity index is 684. The topological polar surface area (TPSA) is 111 Å². The van der Waals surface area contributed by atoms with Crippen molar-refractivity contribution in [1.82, 2.24) is 10.6 Å². The number of aliphatic hydroxyl groups is 3. The Morgan fingerprint density at radius 1 is 1.30 bits per heavy atom. The van der Waals surface area contributed by atoms with E-state index >= 15 is 0 Å². The molecule has 10 heteroatoms. The minimum atomic E-state index is -1.29. The van der Waals surface area contributed by atoms with Crippen molar-refractivity contribution < 1.29 is 33.6 Å². The van der Waals surface area contributed by atoms with Crippen LogP contribution in [0.3, 0.4) is 0 Å². The molecule has 172 valence electrons. The predicted octanol–water partition coefficient (Wildman–Crippen LogP) is 0.674. The average Bonchev–Trinajstić information content (AvgIpc) is 3.05. The first-order valence-corrected chi connectivity index (χ1v) is 9.61. The Kier molecular flexibility index (Phi) is 10.1. The second-order valence-corrected chi connectivity index (χ2v) is 8.15. The summed E-state index contributed by atoms with van der Waals surface area (Å²) in [7, 11) is 0. The molecule has 1 aromatic rings. The van der Waals surface area contributed by atoms with Crippen molar-refractivity contribution in [2.45, 2.75) is 69.6 Å². The van der Waals surface area contributed by atoms with Gasteiger partial charge in [-0.2, -0.15) is 0 Å². The monoisotopic (exact) mass is 452 g/mol. The summed E-state index contributed by atoms with van der Waals surface area (Å²) in [5, 5.41) is 36.1. The minimum absolute atomic E-state index is 0. The number of hydrogen-bond acceptors (Lipinski definition) is 6. The first kappa shape index (κ1) is 26.7. The van der Waals surface area contributed by atoms with Crippen LogP contribution in [0.5, 0.6) is 0 Å². The molecule has 1 saturated heterocycles. The van der Waals surface area contributed by atoms with E-state index < -0.39 is 41.5 Å². The van der Waals surface area contributed by atoms with Crippen LogP contribution in [-0.2, 0) is 16.0 Å². The molecule has 0 aromatic heterocycles. The van der Waals surface area contributed by atoms with E-state index in [4.69, 9.17) is 4.74 Å². The van der Waals surface area contributed by atoms with Crippen LogP contribution >= 0.6 is 12.4 Å². The summed E-state index contributed by atoms with van der Waals surface area (Å²) >= 11 is 0. The molecular formula is C20H31ClF2N2O5. The largest absolute Gasteiger partial charge is 0.389 e. The zero-order valence-electron chi connectivity index (χ0n) is 17.3. The molecule has 0 saturated carbocycles. The van der Waals surface area contributed by atoms with Crippen molar-refractivity contribution >= 4 is 18.3 Å². The quantitative estimate of drug-likeness (QED) is 0.377. The van der Waals surface area contributed by atoms with Gasteiger partial charge in [0.05, 0.1) is 30.5 Å². The molecular weight excluding hydrogens is 422 g/mol. The number of carbonyl (C=O) groups excluding carboxylic acids is 1. The van der Waals surface area contributed by atoms with E-state index in [9.17, 15) is 28.9 Å². The van der Waals surface area contributed by atoms with Crippen molar-refractivity contribution in [3.63, 3.8) is 0 Å². The smallest absolute Gasteiger partial charge is 0.217 e. The second-order valence-electron chi connectivity index (χ2n) is 8.15. The molecule has 30 heavy (non-hydrogen) atoms. The molecule has 1 amide bonds. The zero-order chi connectivity index (χ0) is 21.8. The predicted molar refractivity (Wildman–Crippen MR) is 109 cm³/mol. The van der Waals surface area contributed by atoms with E-state index in [2.05, 4.69) is 10.6 Å². The van der Waals surface area contributed by atoms with Gasteiger partial charge in [-0.15, -0.1) is 12.4 Å². The molecule has 0 spiro atoms. The van der Waals surface area contributed by atoms with Gasteiger partial charge < -0.3 is 30.7 Å². The minimum Gasteiger partial charge on any atom is -0.389 e.